The van der Waals surface area contributed by atoms with E-state index in [-0.39, 0.29) is 55.4 Å². The number of nitrogens with one attached hydrogen (secondary N) is 4. The number of carbonyl (C=O) groups excluding carboxylic acids is 2. The topological polar surface area (TPSA) is 251 Å². The summed E-state index contributed by atoms with van der Waals surface area (Å²) in [5.41, 5.74) is 5.35. The maximum Gasteiger partial charge on any atom is 0.239 e. The lowest BCUT2D eigenvalue weighted by molar-refractivity contribution is -0.119. The molecule has 0 radical (unpaired) electrons. The van der Waals surface area contributed by atoms with Crippen LogP contribution in [-0.4, -0.2) is 90.3 Å². The van der Waals surface area contributed by atoms with Crippen molar-refractivity contribution in [3.05, 3.63) is 17.7 Å². The summed E-state index contributed by atoms with van der Waals surface area (Å²) in [5, 5.41) is 45.1. The summed E-state index contributed by atoms with van der Waals surface area (Å²) >= 11 is 0. The Morgan fingerprint density at radius 3 is 2.66 bits per heavy atom. The molecule has 0 saturated heterocycles. The summed E-state index contributed by atoms with van der Waals surface area (Å²) in [7, 11) is -4.45. The lowest BCUT2D eigenvalue weighted by atomic mass is 10.0. The zero-order valence-electron chi connectivity index (χ0n) is 16.9. The van der Waals surface area contributed by atoms with E-state index in [4.69, 9.17) is 16.0 Å². The monoisotopic (exact) mass is 471 g/mol. The maximum absolute atomic E-state index is 12.6. The van der Waals surface area contributed by atoms with E-state index in [0.29, 0.717) is 6.29 Å². The van der Waals surface area contributed by atoms with Crippen LogP contribution in [0.25, 0.3) is 11.4 Å². The molecule has 0 aliphatic rings. The zero-order valence-corrected chi connectivity index (χ0v) is 17.7. The predicted octanol–water partition coefficient (Wildman–Crippen LogP) is -3.82. The third kappa shape index (κ3) is 6.49. The van der Waals surface area contributed by atoms with Crippen molar-refractivity contribution in [2.75, 3.05) is 38.1 Å². The first-order valence-electron chi connectivity index (χ1n) is 9.34. The molecule has 1 unspecified atom stereocenters. The maximum atomic E-state index is 12.6. The van der Waals surface area contributed by atoms with Crippen LogP contribution in [0.15, 0.2) is 17.0 Å². The van der Waals surface area contributed by atoms with Gasteiger partial charge in [0, 0.05) is 25.3 Å². The summed E-state index contributed by atoms with van der Waals surface area (Å²) in [6.07, 6.45) is -0.520. The number of hydrogen-bond acceptors (Lipinski definition) is 12. The average Bonchev–Trinajstić information content (AvgIpc) is 3.30. The van der Waals surface area contributed by atoms with E-state index in [1.54, 1.807) is 0 Å². The molecule has 2 atom stereocenters. The van der Waals surface area contributed by atoms with Crippen molar-refractivity contribution in [1.29, 1.82) is 0 Å². The second-order valence-corrected chi connectivity index (χ2v) is 8.02. The molecule has 32 heavy (non-hydrogen) atoms. The summed E-state index contributed by atoms with van der Waals surface area (Å²) < 4.78 is 25.1. The van der Waals surface area contributed by atoms with Gasteiger partial charge in [0.15, 0.2) is 0 Å². The van der Waals surface area contributed by atoms with Crippen LogP contribution in [0.5, 0.6) is 0 Å². The first-order chi connectivity index (χ1) is 15.2. The number of aliphatic hydroxyl groups excluding tert-OH is 2. The number of H-pyrrole nitrogens is 1. The summed E-state index contributed by atoms with van der Waals surface area (Å²) in [4.78, 5) is 23.2. The quantitative estimate of drug-likeness (QED) is 0.131. The van der Waals surface area contributed by atoms with Gasteiger partial charge in [0.1, 0.15) is 11.2 Å². The van der Waals surface area contributed by atoms with Gasteiger partial charge in [0.2, 0.25) is 21.8 Å². The van der Waals surface area contributed by atoms with Crippen LogP contribution in [0.4, 0.5) is 5.69 Å². The third-order valence-electron chi connectivity index (χ3n) is 4.23. The van der Waals surface area contributed by atoms with Gasteiger partial charge < -0.3 is 36.7 Å². The van der Waals surface area contributed by atoms with E-state index in [9.17, 15) is 23.1 Å². The number of nitrogens with two attached hydrogens (primary N) is 2. The lowest BCUT2D eigenvalue weighted by Gasteiger charge is -2.21. The Bertz CT molecular complexity index is 1020. The highest BCUT2D eigenvalue weighted by Gasteiger charge is 2.29. The fourth-order valence-corrected chi connectivity index (χ4v) is 3.81. The van der Waals surface area contributed by atoms with Gasteiger partial charge >= 0.3 is 0 Å². The number of sulfonamides is 1. The highest BCUT2D eigenvalue weighted by molar-refractivity contribution is 7.89. The van der Waals surface area contributed by atoms with Crippen molar-refractivity contribution in [2.24, 2.45) is 10.9 Å². The Morgan fingerprint density at radius 1 is 1.34 bits per heavy atom. The third-order valence-corrected chi connectivity index (χ3v) is 5.24. The number of hydrogen-bond donors (Lipinski definition) is 8. The number of tetrazole rings is 1. The Balaban J connectivity index is 2.56. The number of primary sulfonamides is 1. The fourth-order valence-electron chi connectivity index (χ4n) is 2.80. The largest absolute Gasteiger partial charge is 0.395 e. The lowest BCUT2D eigenvalue weighted by Crippen LogP contribution is -2.36. The normalized spacial score (nSPS) is 13.4. The van der Waals surface area contributed by atoms with E-state index >= 15 is 0 Å². The Morgan fingerprint density at radius 2 is 2.09 bits per heavy atom. The molecule has 1 aromatic carbocycles. The highest BCUT2D eigenvalue weighted by atomic mass is 32.2. The van der Waals surface area contributed by atoms with Gasteiger partial charge in [-0.2, -0.15) is 5.21 Å². The van der Waals surface area contributed by atoms with Crippen molar-refractivity contribution in [1.82, 2.24) is 31.3 Å². The minimum Gasteiger partial charge on any atom is -0.395 e. The second kappa shape index (κ2) is 11.6. The SMILES string of the molecule is NC[C@@H](O)CNC(C=O)c1ccc(NCC(=O)NCCO)c(-c2nn[nH]n2)c1S(N)(=O)=O. The number of rotatable bonds is 13. The minimum absolute atomic E-state index is 0.0261. The average molecular weight is 472 g/mol. The van der Waals surface area contributed by atoms with Crippen molar-refractivity contribution in [3.63, 3.8) is 0 Å². The van der Waals surface area contributed by atoms with Gasteiger partial charge in [-0.05, 0) is 16.8 Å². The van der Waals surface area contributed by atoms with Crippen LogP contribution in [-0.2, 0) is 19.6 Å². The predicted molar refractivity (Wildman–Crippen MR) is 111 cm³/mol. The molecule has 2 rings (SSSR count). The Kier molecular flexibility index (Phi) is 9.12. The first-order valence-corrected chi connectivity index (χ1v) is 10.9. The molecule has 2 aromatic rings. The molecule has 0 aliphatic carbocycles. The van der Waals surface area contributed by atoms with E-state index < -0.39 is 33.0 Å². The number of aliphatic hydroxyl groups is 2. The van der Waals surface area contributed by atoms with Gasteiger partial charge in [-0.25, -0.2) is 13.6 Å². The minimum atomic E-state index is -4.45. The number of amides is 1. The molecule has 0 fully saturated rings. The first kappa shape index (κ1) is 25.2. The van der Waals surface area contributed by atoms with Crippen LogP contribution >= 0.6 is 0 Å². The van der Waals surface area contributed by atoms with Crippen LogP contribution < -0.4 is 26.8 Å². The summed E-state index contributed by atoms with van der Waals surface area (Å²) in [6, 6.07) is 1.59. The van der Waals surface area contributed by atoms with Crippen molar-refractivity contribution >= 4 is 27.9 Å². The van der Waals surface area contributed by atoms with Crippen LogP contribution in [0.3, 0.4) is 0 Å². The molecule has 1 heterocycles. The number of nitrogens with zero attached hydrogens (tertiary/aromatic N) is 3. The molecule has 0 spiro atoms. The molecule has 16 heteroatoms. The van der Waals surface area contributed by atoms with Crippen molar-refractivity contribution in [3.8, 4) is 11.4 Å². The summed E-state index contributed by atoms with van der Waals surface area (Å²) in [5.74, 6) is -0.622. The van der Waals surface area contributed by atoms with E-state index in [1.165, 1.54) is 12.1 Å². The molecule has 0 aliphatic heterocycles. The number of benzene rings is 1. The number of aromatic nitrogens is 4. The molecule has 1 amide bonds. The van der Waals surface area contributed by atoms with E-state index in [1.807, 2.05) is 0 Å². The molecule has 0 bridgehead atoms. The number of carbonyl (C=O) groups is 2. The molecular formula is C16H25N9O6S. The fraction of sp³-hybridized carbons (Fsp3) is 0.438. The van der Waals surface area contributed by atoms with Gasteiger partial charge in [0.25, 0.3) is 0 Å². The van der Waals surface area contributed by atoms with E-state index in [2.05, 4.69) is 36.6 Å². The Hall–Kier alpha value is -3.02. The zero-order chi connectivity index (χ0) is 23.7. The molecule has 176 valence electrons. The van der Waals surface area contributed by atoms with Crippen LogP contribution in [0.2, 0.25) is 0 Å². The Labute approximate surface area is 183 Å². The number of aromatic amines is 1. The number of aldehydes is 1. The van der Waals surface area contributed by atoms with Gasteiger partial charge in [-0.15, -0.1) is 10.2 Å². The van der Waals surface area contributed by atoms with Crippen molar-refractivity contribution in [2.45, 2.75) is 17.0 Å². The highest BCUT2D eigenvalue weighted by Crippen LogP contribution is 2.36. The summed E-state index contributed by atoms with van der Waals surface area (Å²) in [6.45, 7) is -0.640. The van der Waals surface area contributed by atoms with Gasteiger partial charge in [0.05, 0.1) is 30.9 Å². The van der Waals surface area contributed by atoms with Gasteiger partial charge in [-0.3, -0.25) is 4.79 Å². The van der Waals surface area contributed by atoms with Crippen molar-refractivity contribution < 1.29 is 28.2 Å². The molecule has 1 aromatic heterocycles. The van der Waals surface area contributed by atoms with Crippen LogP contribution in [0.1, 0.15) is 11.6 Å². The molecule has 0 saturated carbocycles. The standard InChI is InChI=1S/C16H25N9O6S/c17-5-9(28)6-20-12(8-27)10-1-2-11(21-7-13(29)19-3-4-26)14(15(10)32(18,30)31)16-22-24-25-23-16/h1-2,8-9,12,20-21,26,28H,3-7,17H2,(H,19,29)(H2,18,30,31)(H,22,23,24,25)/t9-,12?/m1/s1. The molecule has 10 N–H and O–H groups in total. The van der Waals surface area contributed by atoms with Crippen LogP contribution in [0, 0.1) is 0 Å². The number of anilines is 1. The second-order valence-electron chi connectivity index (χ2n) is 6.53. The van der Waals surface area contributed by atoms with E-state index in [0.717, 1.165) is 0 Å². The van der Waals surface area contributed by atoms with Gasteiger partial charge in [-0.1, -0.05) is 6.07 Å². The molecule has 15 nitrogen and oxygen atoms in total. The smallest absolute Gasteiger partial charge is 0.239 e. The molecular weight excluding hydrogens is 446 g/mol.